The van der Waals surface area contributed by atoms with Crippen molar-refractivity contribution in [2.75, 3.05) is 38.1 Å². The summed E-state index contributed by atoms with van der Waals surface area (Å²) in [4.78, 5) is 16.6. The second-order valence-corrected chi connectivity index (χ2v) is 5.83. The summed E-state index contributed by atoms with van der Waals surface area (Å²) in [6.07, 6.45) is 0. The van der Waals surface area contributed by atoms with Crippen LogP contribution in [0.1, 0.15) is 15.9 Å². The molecule has 5 heteroatoms. The Kier molecular flexibility index (Phi) is 4.59. The molecule has 0 aromatic carbocycles. The van der Waals surface area contributed by atoms with Crippen molar-refractivity contribution in [2.45, 2.75) is 6.92 Å². The average molecular weight is 317 g/mol. The van der Waals surface area contributed by atoms with Gasteiger partial charge in [0, 0.05) is 43.4 Å². The van der Waals surface area contributed by atoms with Gasteiger partial charge in [0.2, 0.25) is 0 Å². The number of hydrogen-bond donors (Lipinski definition) is 0. The molecule has 1 saturated heterocycles. The minimum Gasteiger partial charge on any atom is -0.336 e. The van der Waals surface area contributed by atoms with Gasteiger partial charge in [-0.25, -0.2) is 0 Å². The quantitative estimate of drug-likeness (QED) is 0.798. The Labute approximate surface area is 115 Å². The van der Waals surface area contributed by atoms with Crippen LogP contribution >= 0.6 is 27.3 Å². The van der Waals surface area contributed by atoms with E-state index in [4.69, 9.17) is 0 Å². The van der Waals surface area contributed by atoms with E-state index in [1.165, 1.54) is 0 Å². The summed E-state index contributed by atoms with van der Waals surface area (Å²) < 4.78 is 0. The fourth-order valence-electron chi connectivity index (χ4n) is 2.04. The second-order valence-electron chi connectivity index (χ2n) is 4.29. The normalized spacial score (nSPS) is 17.4. The van der Waals surface area contributed by atoms with Crippen LogP contribution in [0, 0.1) is 6.92 Å². The standard InChI is InChI=1S/C12H17BrN2OS/c1-10-8-17-9-11(10)12(16)15-6-4-14(3-2-13)5-7-15/h8-9H,2-7H2,1H3. The minimum absolute atomic E-state index is 0.197. The van der Waals surface area contributed by atoms with Crippen LogP contribution in [0.25, 0.3) is 0 Å². The van der Waals surface area contributed by atoms with Crippen molar-refractivity contribution in [2.24, 2.45) is 0 Å². The molecule has 94 valence electrons. The average Bonchev–Trinajstić information content (AvgIpc) is 2.76. The van der Waals surface area contributed by atoms with Gasteiger partial charge in [-0.15, -0.1) is 0 Å². The monoisotopic (exact) mass is 316 g/mol. The summed E-state index contributed by atoms with van der Waals surface area (Å²) in [7, 11) is 0. The first kappa shape index (κ1) is 13.1. The van der Waals surface area contributed by atoms with Gasteiger partial charge in [0.25, 0.3) is 5.91 Å². The number of halogens is 1. The molecule has 0 atom stereocenters. The van der Waals surface area contributed by atoms with Crippen LogP contribution in [-0.4, -0.2) is 53.8 Å². The van der Waals surface area contributed by atoms with Crippen molar-refractivity contribution in [3.05, 3.63) is 21.9 Å². The summed E-state index contributed by atoms with van der Waals surface area (Å²) >= 11 is 5.05. The molecule has 0 unspecified atom stereocenters. The van der Waals surface area contributed by atoms with E-state index in [0.717, 1.165) is 49.2 Å². The van der Waals surface area contributed by atoms with Crippen LogP contribution in [0.5, 0.6) is 0 Å². The van der Waals surface area contributed by atoms with Gasteiger partial charge in [0.1, 0.15) is 0 Å². The topological polar surface area (TPSA) is 23.6 Å². The molecular weight excluding hydrogens is 300 g/mol. The Bertz CT molecular complexity index is 386. The Balaban J connectivity index is 1.93. The van der Waals surface area contributed by atoms with Crippen LogP contribution < -0.4 is 0 Å². The molecule has 1 aliphatic heterocycles. The molecule has 0 spiro atoms. The van der Waals surface area contributed by atoms with Crippen molar-refractivity contribution >= 4 is 33.2 Å². The summed E-state index contributed by atoms with van der Waals surface area (Å²) in [5, 5.41) is 5.00. The van der Waals surface area contributed by atoms with Gasteiger partial charge in [-0.3, -0.25) is 9.69 Å². The lowest BCUT2D eigenvalue weighted by atomic mass is 10.2. The molecule has 1 fully saturated rings. The maximum Gasteiger partial charge on any atom is 0.255 e. The number of alkyl halides is 1. The predicted molar refractivity (Wildman–Crippen MR) is 75.2 cm³/mol. The fraction of sp³-hybridized carbons (Fsp3) is 0.583. The number of rotatable bonds is 3. The van der Waals surface area contributed by atoms with Gasteiger partial charge in [0.05, 0.1) is 5.56 Å². The lowest BCUT2D eigenvalue weighted by molar-refractivity contribution is 0.0645. The maximum atomic E-state index is 12.3. The molecule has 1 amide bonds. The third-order valence-corrected chi connectivity index (χ3v) is 4.36. The molecule has 0 radical (unpaired) electrons. The molecule has 0 N–H and O–H groups in total. The second kappa shape index (κ2) is 5.98. The lowest BCUT2D eigenvalue weighted by Crippen LogP contribution is -2.49. The summed E-state index contributed by atoms with van der Waals surface area (Å²) in [5.41, 5.74) is 1.98. The number of carbonyl (C=O) groups is 1. The number of carbonyl (C=O) groups excluding carboxylic acids is 1. The number of piperazine rings is 1. The van der Waals surface area contributed by atoms with Gasteiger partial charge in [-0.05, 0) is 17.9 Å². The van der Waals surface area contributed by atoms with E-state index in [0.29, 0.717) is 0 Å². The van der Waals surface area contributed by atoms with Gasteiger partial charge in [0.15, 0.2) is 0 Å². The van der Waals surface area contributed by atoms with Crippen molar-refractivity contribution in [1.29, 1.82) is 0 Å². The van der Waals surface area contributed by atoms with Crippen LogP contribution in [0.15, 0.2) is 10.8 Å². The summed E-state index contributed by atoms with van der Waals surface area (Å²) in [5.74, 6) is 0.197. The van der Waals surface area contributed by atoms with E-state index in [-0.39, 0.29) is 5.91 Å². The maximum absolute atomic E-state index is 12.3. The molecular formula is C12H17BrN2OS. The van der Waals surface area contributed by atoms with Gasteiger partial charge in [-0.1, -0.05) is 15.9 Å². The molecule has 1 aromatic rings. The molecule has 1 aromatic heterocycles. The Morgan fingerprint density at radius 2 is 2.06 bits per heavy atom. The Morgan fingerprint density at radius 3 is 2.59 bits per heavy atom. The third-order valence-electron chi connectivity index (χ3n) is 3.15. The van der Waals surface area contributed by atoms with Gasteiger partial charge >= 0.3 is 0 Å². The van der Waals surface area contributed by atoms with Crippen molar-refractivity contribution < 1.29 is 4.79 Å². The zero-order valence-corrected chi connectivity index (χ0v) is 12.4. The molecule has 3 nitrogen and oxygen atoms in total. The molecule has 2 heterocycles. The highest BCUT2D eigenvalue weighted by Crippen LogP contribution is 2.17. The van der Waals surface area contributed by atoms with E-state index >= 15 is 0 Å². The van der Waals surface area contributed by atoms with E-state index in [9.17, 15) is 4.79 Å². The zero-order chi connectivity index (χ0) is 12.3. The highest BCUT2D eigenvalue weighted by molar-refractivity contribution is 9.09. The van der Waals surface area contributed by atoms with Crippen molar-refractivity contribution in [3.63, 3.8) is 0 Å². The van der Waals surface area contributed by atoms with Crippen LogP contribution in [0.4, 0.5) is 0 Å². The third kappa shape index (κ3) is 3.09. The molecule has 17 heavy (non-hydrogen) atoms. The largest absolute Gasteiger partial charge is 0.336 e. The van der Waals surface area contributed by atoms with E-state index in [1.807, 2.05) is 22.6 Å². The minimum atomic E-state index is 0.197. The number of aryl methyl sites for hydroxylation is 1. The van der Waals surface area contributed by atoms with E-state index < -0.39 is 0 Å². The van der Waals surface area contributed by atoms with Gasteiger partial charge < -0.3 is 4.90 Å². The SMILES string of the molecule is Cc1cscc1C(=O)N1CCN(CCBr)CC1. The highest BCUT2D eigenvalue weighted by atomic mass is 79.9. The van der Waals surface area contributed by atoms with Crippen LogP contribution in [0.2, 0.25) is 0 Å². The van der Waals surface area contributed by atoms with Gasteiger partial charge in [-0.2, -0.15) is 11.3 Å². The summed E-state index contributed by atoms with van der Waals surface area (Å²) in [6.45, 7) is 6.74. The molecule has 0 saturated carbocycles. The Hall–Kier alpha value is -0.390. The molecule has 0 aliphatic carbocycles. The number of nitrogens with zero attached hydrogens (tertiary/aromatic N) is 2. The number of hydrogen-bond acceptors (Lipinski definition) is 3. The molecule has 1 aliphatic rings. The van der Waals surface area contributed by atoms with E-state index in [2.05, 4.69) is 20.8 Å². The van der Waals surface area contributed by atoms with Crippen LogP contribution in [0.3, 0.4) is 0 Å². The lowest BCUT2D eigenvalue weighted by Gasteiger charge is -2.34. The predicted octanol–water partition coefficient (Wildman–Crippen LogP) is 2.21. The smallest absolute Gasteiger partial charge is 0.255 e. The summed E-state index contributed by atoms with van der Waals surface area (Å²) in [6, 6.07) is 0. The Morgan fingerprint density at radius 1 is 1.35 bits per heavy atom. The molecule has 0 bridgehead atoms. The van der Waals surface area contributed by atoms with Crippen molar-refractivity contribution in [1.82, 2.24) is 9.80 Å². The zero-order valence-electron chi connectivity index (χ0n) is 9.99. The highest BCUT2D eigenvalue weighted by Gasteiger charge is 2.22. The van der Waals surface area contributed by atoms with Crippen molar-refractivity contribution in [3.8, 4) is 0 Å². The van der Waals surface area contributed by atoms with E-state index in [1.54, 1.807) is 11.3 Å². The van der Waals surface area contributed by atoms with Crippen LogP contribution in [-0.2, 0) is 0 Å². The fourth-order valence-corrected chi connectivity index (χ4v) is 3.37. The first-order valence-corrected chi connectivity index (χ1v) is 7.89. The first-order valence-electron chi connectivity index (χ1n) is 5.82. The number of thiophene rings is 1. The number of amides is 1. The first-order chi connectivity index (χ1) is 8.22. The molecule has 2 rings (SSSR count).